The summed E-state index contributed by atoms with van der Waals surface area (Å²) in [6.07, 6.45) is -0.239. The van der Waals surface area contributed by atoms with Crippen molar-refractivity contribution in [2.45, 2.75) is 11.3 Å². The zero-order valence-electron chi connectivity index (χ0n) is 12.2. The predicted molar refractivity (Wildman–Crippen MR) is 77.1 cm³/mol. The van der Waals surface area contributed by atoms with Crippen LogP contribution in [0.5, 0.6) is 0 Å². The maximum absolute atomic E-state index is 11.9. The van der Waals surface area contributed by atoms with E-state index in [1.165, 1.54) is 0 Å². The summed E-state index contributed by atoms with van der Waals surface area (Å²) in [5.74, 6) is -2.62. The van der Waals surface area contributed by atoms with Gasteiger partial charge in [0.1, 0.15) is 6.61 Å². The number of aromatic carboxylic acids is 1. The minimum atomic E-state index is -4.75. The molecule has 23 heavy (non-hydrogen) atoms. The van der Waals surface area contributed by atoms with Gasteiger partial charge in [-0.05, 0) is 24.1 Å². The Morgan fingerprint density at radius 2 is 1.65 bits per heavy atom. The smallest absolute Gasteiger partial charge is 0.338 e. The number of aliphatic hydroxyl groups excluding tert-OH is 2. The van der Waals surface area contributed by atoms with E-state index in [0.717, 1.165) is 6.07 Å². The van der Waals surface area contributed by atoms with Crippen molar-refractivity contribution in [3.05, 3.63) is 28.8 Å². The standard InChI is InChI=1S/C12H14O9S.Na/c13-2-1-8-9(11(15)16)5-7(22(18,19)20)6-10(8)12(17)21-4-3-14;/h5-6,13-14H,1-4H2,(H,15,16)(H,18,19,20);. The molecule has 123 valence electrons. The number of carboxylic acids is 1. The van der Waals surface area contributed by atoms with E-state index in [9.17, 15) is 18.0 Å². The summed E-state index contributed by atoms with van der Waals surface area (Å²) in [5, 5.41) is 26.7. The monoisotopic (exact) mass is 357 g/mol. The summed E-state index contributed by atoms with van der Waals surface area (Å²) < 4.78 is 36.0. The van der Waals surface area contributed by atoms with Crippen LogP contribution in [0.3, 0.4) is 0 Å². The van der Waals surface area contributed by atoms with Gasteiger partial charge in [-0.15, -0.1) is 0 Å². The third-order valence-electron chi connectivity index (χ3n) is 2.66. The van der Waals surface area contributed by atoms with E-state index in [1.807, 2.05) is 0 Å². The maximum atomic E-state index is 11.9. The second-order valence-electron chi connectivity index (χ2n) is 4.11. The number of esters is 1. The molecule has 0 fully saturated rings. The first-order chi connectivity index (χ1) is 10.2. The molecule has 1 aromatic rings. The molecule has 0 spiro atoms. The Balaban J connectivity index is 0.00000484. The zero-order chi connectivity index (χ0) is 16.9. The van der Waals surface area contributed by atoms with E-state index in [4.69, 9.17) is 19.9 Å². The van der Waals surface area contributed by atoms with Crippen molar-refractivity contribution in [2.24, 2.45) is 0 Å². The number of benzene rings is 1. The van der Waals surface area contributed by atoms with Gasteiger partial charge in [0.2, 0.25) is 0 Å². The molecule has 0 saturated carbocycles. The minimum Gasteiger partial charge on any atom is -0.478 e. The Kier molecular flexibility index (Phi) is 8.92. The van der Waals surface area contributed by atoms with Gasteiger partial charge < -0.3 is 20.1 Å². The van der Waals surface area contributed by atoms with Crippen LogP contribution < -0.4 is 0 Å². The SMILES string of the molecule is O=C(O)c1cc(S(=O)(=O)O)cc(C(=O)OCCO)c1CCO.[Na]. The second kappa shape index (κ2) is 9.33. The van der Waals surface area contributed by atoms with Crippen molar-refractivity contribution in [3.8, 4) is 0 Å². The molecule has 1 aromatic carbocycles. The summed E-state index contributed by atoms with van der Waals surface area (Å²) in [7, 11) is -4.75. The van der Waals surface area contributed by atoms with Crippen molar-refractivity contribution >= 4 is 51.6 Å². The maximum Gasteiger partial charge on any atom is 0.338 e. The molecule has 0 saturated heterocycles. The first kappa shape index (κ1) is 22.0. The van der Waals surface area contributed by atoms with E-state index in [2.05, 4.69) is 4.74 Å². The molecular formula is C12H14NaO9S. The van der Waals surface area contributed by atoms with Crippen LogP contribution in [-0.4, -0.2) is 89.6 Å². The first-order valence-corrected chi connectivity index (χ1v) is 7.43. The average Bonchev–Trinajstić information content (AvgIpc) is 2.43. The molecule has 1 radical (unpaired) electrons. The minimum absolute atomic E-state index is 0. The fraction of sp³-hybridized carbons (Fsp3) is 0.333. The molecule has 1 rings (SSSR count). The predicted octanol–water partition coefficient (Wildman–Crippen LogP) is -1.07. The summed E-state index contributed by atoms with van der Waals surface area (Å²) in [6.45, 7) is -1.35. The summed E-state index contributed by atoms with van der Waals surface area (Å²) >= 11 is 0. The Morgan fingerprint density at radius 1 is 1.09 bits per heavy atom. The fourth-order valence-electron chi connectivity index (χ4n) is 1.76. The molecule has 4 N–H and O–H groups in total. The number of carboxylic acid groups (broad SMARTS) is 1. The van der Waals surface area contributed by atoms with Gasteiger partial charge in [-0.2, -0.15) is 8.42 Å². The molecule has 0 aliphatic rings. The largest absolute Gasteiger partial charge is 0.478 e. The Hall–Kier alpha value is -1.01. The quantitative estimate of drug-likeness (QED) is 0.271. The Bertz CT molecular complexity index is 684. The van der Waals surface area contributed by atoms with Crippen molar-refractivity contribution in [2.75, 3.05) is 19.8 Å². The molecule has 9 nitrogen and oxygen atoms in total. The number of hydrogen-bond donors (Lipinski definition) is 4. The van der Waals surface area contributed by atoms with Gasteiger partial charge >= 0.3 is 11.9 Å². The van der Waals surface area contributed by atoms with E-state index >= 15 is 0 Å². The van der Waals surface area contributed by atoms with Crippen molar-refractivity contribution in [1.29, 1.82) is 0 Å². The third-order valence-corrected chi connectivity index (χ3v) is 3.49. The van der Waals surface area contributed by atoms with Crippen LogP contribution in [0, 0.1) is 0 Å². The number of carbonyl (C=O) groups excluding carboxylic acids is 1. The van der Waals surface area contributed by atoms with E-state index < -0.39 is 51.3 Å². The summed E-state index contributed by atoms with van der Waals surface area (Å²) in [4.78, 5) is 22.3. The molecule has 0 aliphatic heterocycles. The van der Waals surface area contributed by atoms with E-state index in [0.29, 0.717) is 6.07 Å². The van der Waals surface area contributed by atoms with Gasteiger partial charge in [-0.3, -0.25) is 4.55 Å². The number of carbonyl (C=O) groups is 2. The molecule has 11 heteroatoms. The average molecular weight is 357 g/mol. The van der Waals surface area contributed by atoms with Gasteiger partial charge in [0.15, 0.2) is 0 Å². The van der Waals surface area contributed by atoms with E-state index in [-0.39, 0.29) is 48.1 Å². The Labute approximate surface area is 153 Å². The molecule has 0 atom stereocenters. The van der Waals surface area contributed by atoms with Crippen LogP contribution in [0.15, 0.2) is 17.0 Å². The molecule has 0 amide bonds. The van der Waals surface area contributed by atoms with Crippen LogP contribution in [-0.2, 0) is 21.3 Å². The first-order valence-electron chi connectivity index (χ1n) is 5.99. The van der Waals surface area contributed by atoms with Gasteiger partial charge in [0.05, 0.1) is 22.6 Å². The molecule has 0 aliphatic carbocycles. The number of hydrogen-bond acceptors (Lipinski definition) is 7. The van der Waals surface area contributed by atoms with Gasteiger partial charge in [-0.25, -0.2) is 9.59 Å². The zero-order valence-corrected chi connectivity index (χ0v) is 15.0. The third kappa shape index (κ3) is 5.84. The van der Waals surface area contributed by atoms with Gasteiger partial charge in [0, 0.05) is 36.2 Å². The molecular weight excluding hydrogens is 343 g/mol. The number of aliphatic hydroxyl groups is 2. The molecule has 0 heterocycles. The van der Waals surface area contributed by atoms with Crippen LogP contribution in [0.4, 0.5) is 0 Å². The van der Waals surface area contributed by atoms with Crippen LogP contribution in [0.2, 0.25) is 0 Å². The van der Waals surface area contributed by atoms with Crippen molar-refractivity contribution < 1.29 is 42.6 Å². The summed E-state index contributed by atoms with van der Waals surface area (Å²) in [6, 6.07) is 1.44. The normalized spacial score (nSPS) is 10.7. The number of ether oxygens (including phenoxy) is 1. The van der Waals surface area contributed by atoms with Crippen molar-refractivity contribution in [3.63, 3.8) is 0 Å². The van der Waals surface area contributed by atoms with Crippen LogP contribution in [0.25, 0.3) is 0 Å². The fourth-order valence-corrected chi connectivity index (χ4v) is 2.30. The number of rotatable bonds is 7. The Morgan fingerprint density at radius 3 is 2.09 bits per heavy atom. The van der Waals surface area contributed by atoms with Crippen LogP contribution in [0.1, 0.15) is 26.3 Å². The van der Waals surface area contributed by atoms with Crippen LogP contribution >= 0.6 is 0 Å². The summed E-state index contributed by atoms with van der Waals surface area (Å²) in [5.41, 5.74) is -1.11. The van der Waals surface area contributed by atoms with Gasteiger partial charge in [0.25, 0.3) is 10.1 Å². The van der Waals surface area contributed by atoms with Gasteiger partial charge in [-0.1, -0.05) is 0 Å². The van der Waals surface area contributed by atoms with E-state index in [1.54, 1.807) is 0 Å². The topological polar surface area (TPSA) is 158 Å². The molecule has 0 aromatic heterocycles. The second-order valence-corrected chi connectivity index (χ2v) is 5.53. The molecule has 0 unspecified atom stereocenters. The van der Waals surface area contributed by atoms with Crippen molar-refractivity contribution in [1.82, 2.24) is 0 Å². The molecule has 0 bridgehead atoms.